The van der Waals surface area contributed by atoms with Gasteiger partial charge in [-0.2, -0.15) is 0 Å². The van der Waals surface area contributed by atoms with Crippen LogP contribution in [0.25, 0.3) is 0 Å². The molecule has 14 heavy (non-hydrogen) atoms. The molecule has 0 spiro atoms. The largest absolute Gasteiger partial charge is 0.340 e. The van der Waals surface area contributed by atoms with Gasteiger partial charge in [-0.3, -0.25) is 4.79 Å². The molecular formula is C12H23NO. The first-order valence-corrected chi connectivity index (χ1v) is 5.80. The van der Waals surface area contributed by atoms with E-state index >= 15 is 0 Å². The minimum atomic E-state index is -0.175. The van der Waals surface area contributed by atoms with Crippen LogP contribution in [0.3, 0.4) is 0 Å². The van der Waals surface area contributed by atoms with Gasteiger partial charge in [0.05, 0.1) is 0 Å². The van der Waals surface area contributed by atoms with Crippen molar-refractivity contribution in [2.75, 3.05) is 6.54 Å². The van der Waals surface area contributed by atoms with Crippen molar-refractivity contribution in [3.8, 4) is 0 Å². The average Bonchev–Trinajstić information content (AvgIpc) is 2.17. The van der Waals surface area contributed by atoms with Crippen LogP contribution < -0.4 is 0 Å². The Labute approximate surface area is 87.7 Å². The second-order valence-electron chi connectivity index (χ2n) is 5.08. The fourth-order valence-electron chi connectivity index (χ4n) is 1.94. The molecule has 0 radical (unpaired) electrons. The first-order valence-electron chi connectivity index (χ1n) is 5.80. The molecule has 1 rings (SSSR count). The summed E-state index contributed by atoms with van der Waals surface area (Å²) in [6.07, 6.45) is 4.55. The molecule has 1 atom stereocenters. The number of piperidine rings is 1. The van der Waals surface area contributed by atoms with Gasteiger partial charge in [-0.25, -0.2) is 0 Å². The van der Waals surface area contributed by atoms with Crippen LogP contribution in [0, 0.1) is 5.41 Å². The Kier molecular flexibility index (Phi) is 3.57. The minimum absolute atomic E-state index is 0.175. The number of likely N-dealkylation sites (tertiary alicyclic amines) is 1. The van der Waals surface area contributed by atoms with E-state index in [9.17, 15) is 4.79 Å². The summed E-state index contributed by atoms with van der Waals surface area (Å²) in [6, 6.07) is 0.446. The summed E-state index contributed by atoms with van der Waals surface area (Å²) < 4.78 is 0. The number of rotatable bonds is 2. The topological polar surface area (TPSA) is 20.3 Å². The Morgan fingerprint density at radius 3 is 2.57 bits per heavy atom. The lowest BCUT2D eigenvalue weighted by Crippen LogP contribution is -2.47. The summed E-state index contributed by atoms with van der Waals surface area (Å²) in [5.41, 5.74) is -0.175. The molecule has 2 heteroatoms. The highest BCUT2D eigenvalue weighted by atomic mass is 16.2. The van der Waals surface area contributed by atoms with Crippen molar-refractivity contribution >= 4 is 5.91 Å². The molecule has 0 bridgehead atoms. The third kappa shape index (κ3) is 2.28. The Morgan fingerprint density at radius 2 is 2.07 bits per heavy atom. The molecule has 82 valence electrons. The van der Waals surface area contributed by atoms with Crippen LogP contribution in [0.2, 0.25) is 0 Å². The van der Waals surface area contributed by atoms with Crippen molar-refractivity contribution in [1.82, 2.24) is 4.90 Å². The van der Waals surface area contributed by atoms with Crippen molar-refractivity contribution < 1.29 is 4.79 Å². The third-order valence-corrected chi connectivity index (χ3v) is 3.53. The van der Waals surface area contributed by atoms with Gasteiger partial charge in [0, 0.05) is 18.0 Å². The maximum absolute atomic E-state index is 12.2. The molecule has 0 N–H and O–H groups in total. The minimum Gasteiger partial charge on any atom is -0.340 e. The number of carbonyl (C=O) groups is 1. The van der Waals surface area contributed by atoms with E-state index in [1.165, 1.54) is 19.3 Å². The zero-order valence-corrected chi connectivity index (χ0v) is 9.97. The van der Waals surface area contributed by atoms with Crippen LogP contribution in [0.15, 0.2) is 0 Å². The highest BCUT2D eigenvalue weighted by Gasteiger charge is 2.33. The van der Waals surface area contributed by atoms with E-state index in [0.717, 1.165) is 13.0 Å². The van der Waals surface area contributed by atoms with E-state index in [-0.39, 0.29) is 5.41 Å². The maximum Gasteiger partial charge on any atom is 0.228 e. The Hall–Kier alpha value is -0.530. The van der Waals surface area contributed by atoms with E-state index in [4.69, 9.17) is 0 Å². The number of nitrogens with zero attached hydrogens (tertiary/aromatic N) is 1. The summed E-state index contributed by atoms with van der Waals surface area (Å²) in [6.45, 7) is 9.33. The lowest BCUT2D eigenvalue weighted by atomic mass is 9.87. The van der Waals surface area contributed by atoms with Gasteiger partial charge in [-0.05, 0) is 32.6 Å². The van der Waals surface area contributed by atoms with Crippen LogP contribution in [-0.2, 0) is 4.79 Å². The van der Waals surface area contributed by atoms with E-state index in [2.05, 4.69) is 32.6 Å². The van der Waals surface area contributed by atoms with Gasteiger partial charge in [0.25, 0.3) is 0 Å². The molecule has 1 unspecified atom stereocenters. The lowest BCUT2D eigenvalue weighted by molar-refractivity contribution is -0.143. The standard InChI is InChI=1S/C12H23NO/c1-5-12(3,4)11(14)13-9-7-6-8-10(13)2/h10H,5-9H2,1-4H3. The Balaban J connectivity index is 2.67. The monoisotopic (exact) mass is 197 g/mol. The van der Waals surface area contributed by atoms with Crippen molar-refractivity contribution in [3.63, 3.8) is 0 Å². The highest BCUT2D eigenvalue weighted by Crippen LogP contribution is 2.27. The van der Waals surface area contributed by atoms with Crippen LogP contribution in [-0.4, -0.2) is 23.4 Å². The summed E-state index contributed by atoms with van der Waals surface area (Å²) in [7, 11) is 0. The van der Waals surface area contributed by atoms with Crippen molar-refractivity contribution in [1.29, 1.82) is 0 Å². The van der Waals surface area contributed by atoms with Crippen LogP contribution >= 0.6 is 0 Å². The van der Waals surface area contributed by atoms with Crippen LogP contribution in [0.1, 0.15) is 53.4 Å². The zero-order chi connectivity index (χ0) is 10.8. The lowest BCUT2D eigenvalue weighted by Gasteiger charge is -2.38. The molecular weight excluding hydrogens is 174 g/mol. The van der Waals surface area contributed by atoms with Gasteiger partial charge in [-0.1, -0.05) is 20.8 Å². The van der Waals surface area contributed by atoms with Crippen molar-refractivity contribution in [3.05, 3.63) is 0 Å². The molecule has 0 saturated carbocycles. The molecule has 1 amide bonds. The highest BCUT2D eigenvalue weighted by molar-refractivity contribution is 5.82. The normalized spacial score (nSPS) is 23.7. The number of amides is 1. The fraction of sp³-hybridized carbons (Fsp3) is 0.917. The predicted octanol–water partition coefficient (Wildman–Crippen LogP) is 2.82. The molecule has 1 saturated heterocycles. The van der Waals surface area contributed by atoms with E-state index in [1.807, 2.05) is 0 Å². The second kappa shape index (κ2) is 4.33. The van der Waals surface area contributed by atoms with Crippen molar-refractivity contribution in [2.24, 2.45) is 5.41 Å². The van der Waals surface area contributed by atoms with Gasteiger partial charge in [0.2, 0.25) is 5.91 Å². The number of carbonyl (C=O) groups excluding carboxylic acids is 1. The van der Waals surface area contributed by atoms with E-state index in [1.54, 1.807) is 0 Å². The summed E-state index contributed by atoms with van der Waals surface area (Å²) >= 11 is 0. The van der Waals surface area contributed by atoms with Gasteiger partial charge < -0.3 is 4.90 Å². The first kappa shape index (κ1) is 11.5. The average molecular weight is 197 g/mol. The molecule has 0 aromatic rings. The Bertz CT molecular complexity index is 210. The second-order valence-corrected chi connectivity index (χ2v) is 5.08. The molecule has 0 aromatic heterocycles. The van der Waals surface area contributed by atoms with Crippen LogP contribution in [0.4, 0.5) is 0 Å². The molecule has 1 aliphatic heterocycles. The maximum atomic E-state index is 12.2. The zero-order valence-electron chi connectivity index (χ0n) is 9.97. The van der Waals surface area contributed by atoms with E-state index in [0.29, 0.717) is 11.9 Å². The first-order chi connectivity index (χ1) is 6.49. The SMILES string of the molecule is CCC(C)(C)C(=O)N1CCCCC1C. The van der Waals surface area contributed by atoms with Crippen molar-refractivity contribution in [2.45, 2.75) is 59.4 Å². The summed E-state index contributed by atoms with van der Waals surface area (Å²) in [4.78, 5) is 14.3. The molecule has 2 nitrogen and oxygen atoms in total. The van der Waals surface area contributed by atoms with Gasteiger partial charge in [0.1, 0.15) is 0 Å². The predicted molar refractivity (Wildman–Crippen MR) is 59.1 cm³/mol. The fourth-order valence-corrected chi connectivity index (χ4v) is 1.94. The Morgan fingerprint density at radius 1 is 1.43 bits per heavy atom. The van der Waals surface area contributed by atoms with E-state index < -0.39 is 0 Å². The van der Waals surface area contributed by atoms with Gasteiger partial charge >= 0.3 is 0 Å². The molecule has 1 aliphatic rings. The van der Waals surface area contributed by atoms with Gasteiger partial charge in [-0.15, -0.1) is 0 Å². The molecule has 1 fully saturated rings. The third-order valence-electron chi connectivity index (χ3n) is 3.53. The number of hydrogen-bond acceptors (Lipinski definition) is 1. The quantitative estimate of drug-likeness (QED) is 0.666. The van der Waals surface area contributed by atoms with Gasteiger partial charge in [0.15, 0.2) is 0 Å². The number of hydrogen-bond donors (Lipinski definition) is 0. The molecule has 0 aliphatic carbocycles. The molecule has 1 heterocycles. The summed E-state index contributed by atoms with van der Waals surface area (Å²) in [5, 5.41) is 0. The molecule has 0 aromatic carbocycles. The smallest absolute Gasteiger partial charge is 0.228 e. The van der Waals surface area contributed by atoms with Crippen LogP contribution in [0.5, 0.6) is 0 Å². The summed E-state index contributed by atoms with van der Waals surface area (Å²) in [5.74, 6) is 0.340.